The maximum atomic E-state index is 12.3. The molecule has 2 rings (SSSR count). The topological polar surface area (TPSA) is 115 Å². The predicted octanol–water partition coefficient (Wildman–Crippen LogP) is 0.469. The lowest BCUT2D eigenvalue weighted by atomic mass is 9.85. The zero-order valence-corrected chi connectivity index (χ0v) is 12.7. The van der Waals surface area contributed by atoms with Crippen LogP contribution in [0.2, 0.25) is 0 Å². The Morgan fingerprint density at radius 1 is 1.29 bits per heavy atom. The first-order valence-corrected chi connectivity index (χ1v) is 8.52. The first-order chi connectivity index (χ1) is 9.87. The SMILES string of the molecule is NCC1(C(=O)NCc2cccc(S(N)(=O)=O)c2)CCCC1. The highest BCUT2D eigenvalue weighted by molar-refractivity contribution is 7.89. The van der Waals surface area contributed by atoms with Crippen LogP contribution in [0, 0.1) is 5.41 Å². The standard InChI is InChI=1S/C14H21N3O3S/c15-10-14(6-1-2-7-14)13(18)17-9-11-4-3-5-12(8-11)21(16,19)20/h3-5,8H,1-2,6-7,9-10,15H2,(H,17,18)(H2,16,19,20). The molecule has 0 radical (unpaired) electrons. The maximum Gasteiger partial charge on any atom is 0.238 e. The van der Waals surface area contributed by atoms with Crippen LogP contribution >= 0.6 is 0 Å². The molecule has 0 heterocycles. The molecule has 6 nitrogen and oxygen atoms in total. The summed E-state index contributed by atoms with van der Waals surface area (Å²) in [5, 5.41) is 7.95. The zero-order chi connectivity index (χ0) is 15.5. The molecule has 0 aliphatic heterocycles. The predicted molar refractivity (Wildman–Crippen MR) is 79.6 cm³/mol. The van der Waals surface area contributed by atoms with Gasteiger partial charge in [0, 0.05) is 13.1 Å². The van der Waals surface area contributed by atoms with E-state index >= 15 is 0 Å². The van der Waals surface area contributed by atoms with Crippen molar-refractivity contribution in [2.45, 2.75) is 37.1 Å². The molecule has 1 aromatic rings. The summed E-state index contributed by atoms with van der Waals surface area (Å²) in [6, 6.07) is 6.26. The van der Waals surface area contributed by atoms with E-state index in [1.807, 2.05) is 0 Å². The van der Waals surface area contributed by atoms with Gasteiger partial charge in [-0.25, -0.2) is 13.6 Å². The highest BCUT2D eigenvalue weighted by Crippen LogP contribution is 2.37. The van der Waals surface area contributed by atoms with Crippen LogP contribution in [-0.4, -0.2) is 20.9 Å². The fraction of sp³-hybridized carbons (Fsp3) is 0.500. The molecule has 1 aromatic carbocycles. The van der Waals surface area contributed by atoms with E-state index in [2.05, 4.69) is 5.32 Å². The van der Waals surface area contributed by atoms with Crippen molar-refractivity contribution in [1.29, 1.82) is 0 Å². The number of carbonyl (C=O) groups excluding carboxylic acids is 1. The molecule has 0 spiro atoms. The number of hydrogen-bond acceptors (Lipinski definition) is 4. The fourth-order valence-corrected chi connectivity index (χ4v) is 3.36. The average molecular weight is 311 g/mol. The Morgan fingerprint density at radius 2 is 1.95 bits per heavy atom. The van der Waals surface area contributed by atoms with Gasteiger partial charge in [-0.15, -0.1) is 0 Å². The summed E-state index contributed by atoms with van der Waals surface area (Å²) in [6.45, 7) is 0.611. The van der Waals surface area contributed by atoms with Crippen LogP contribution in [0.4, 0.5) is 0 Å². The fourth-order valence-electron chi connectivity index (χ4n) is 2.78. The van der Waals surface area contributed by atoms with E-state index in [1.54, 1.807) is 12.1 Å². The number of nitrogens with two attached hydrogens (primary N) is 2. The first-order valence-electron chi connectivity index (χ1n) is 6.97. The van der Waals surface area contributed by atoms with Crippen LogP contribution in [0.3, 0.4) is 0 Å². The number of benzene rings is 1. The number of sulfonamides is 1. The highest BCUT2D eigenvalue weighted by Gasteiger charge is 2.39. The molecule has 116 valence electrons. The quantitative estimate of drug-likeness (QED) is 0.733. The molecule has 0 aromatic heterocycles. The second-order valence-corrected chi connectivity index (χ2v) is 7.13. The van der Waals surface area contributed by atoms with Crippen molar-refractivity contribution in [2.24, 2.45) is 16.3 Å². The van der Waals surface area contributed by atoms with Crippen molar-refractivity contribution in [3.8, 4) is 0 Å². The average Bonchev–Trinajstić information content (AvgIpc) is 2.94. The van der Waals surface area contributed by atoms with Crippen molar-refractivity contribution in [2.75, 3.05) is 6.54 Å². The van der Waals surface area contributed by atoms with Crippen LogP contribution < -0.4 is 16.2 Å². The van der Waals surface area contributed by atoms with Crippen molar-refractivity contribution in [3.05, 3.63) is 29.8 Å². The molecule has 1 saturated carbocycles. The summed E-state index contributed by atoms with van der Waals surface area (Å²) >= 11 is 0. The van der Waals surface area contributed by atoms with Gasteiger partial charge in [0.25, 0.3) is 0 Å². The smallest absolute Gasteiger partial charge is 0.238 e. The normalized spacial score (nSPS) is 17.6. The van der Waals surface area contributed by atoms with Crippen LogP contribution in [0.5, 0.6) is 0 Å². The van der Waals surface area contributed by atoms with Crippen LogP contribution in [-0.2, 0) is 21.4 Å². The van der Waals surface area contributed by atoms with E-state index in [4.69, 9.17) is 10.9 Å². The summed E-state index contributed by atoms with van der Waals surface area (Å²) in [4.78, 5) is 12.4. The third-order valence-corrected chi connectivity index (χ3v) is 5.02. The summed E-state index contributed by atoms with van der Waals surface area (Å²) in [5.41, 5.74) is 6.00. The molecule has 1 amide bonds. The van der Waals surface area contributed by atoms with E-state index in [0.717, 1.165) is 25.7 Å². The van der Waals surface area contributed by atoms with Gasteiger partial charge in [-0.1, -0.05) is 25.0 Å². The highest BCUT2D eigenvalue weighted by atomic mass is 32.2. The molecule has 1 aliphatic rings. The Morgan fingerprint density at radius 3 is 2.52 bits per heavy atom. The van der Waals surface area contributed by atoms with Gasteiger partial charge in [0.1, 0.15) is 0 Å². The second-order valence-electron chi connectivity index (χ2n) is 5.57. The minimum Gasteiger partial charge on any atom is -0.352 e. The molecule has 21 heavy (non-hydrogen) atoms. The maximum absolute atomic E-state index is 12.3. The summed E-state index contributed by atoms with van der Waals surface area (Å²) < 4.78 is 22.6. The van der Waals surface area contributed by atoms with Crippen molar-refractivity contribution < 1.29 is 13.2 Å². The molecule has 1 fully saturated rings. The zero-order valence-electron chi connectivity index (χ0n) is 11.8. The molecule has 7 heteroatoms. The number of nitrogens with one attached hydrogen (secondary N) is 1. The van der Waals surface area contributed by atoms with Crippen LogP contribution in [0.15, 0.2) is 29.2 Å². The van der Waals surface area contributed by atoms with Crippen LogP contribution in [0.1, 0.15) is 31.2 Å². The first kappa shape index (κ1) is 15.9. The van der Waals surface area contributed by atoms with Crippen molar-refractivity contribution >= 4 is 15.9 Å². The van der Waals surface area contributed by atoms with Gasteiger partial charge >= 0.3 is 0 Å². The molecule has 0 bridgehead atoms. The summed E-state index contributed by atoms with van der Waals surface area (Å²) in [5.74, 6) is -0.0523. The van der Waals surface area contributed by atoms with Gasteiger partial charge in [-0.05, 0) is 30.5 Å². The largest absolute Gasteiger partial charge is 0.352 e. The molecular formula is C14H21N3O3S. The minimum absolute atomic E-state index is 0.0450. The van der Waals surface area contributed by atoms with Gasteiger partial charge in [-0.2, -0.15) is 0 Å². The molecule has 0 atom stereocenters. The van der Waals surface area contributed by atoms with Gasteiger partial charge in [0.05, 0.1) is 10.3 Å². The van der Waals surface area contributed by atoms with Gasteiger partial charge in [0.15, 0.2) is 0 Å². The number of carbonyl (C=O) groups is 1. The van der Waals surface area contributed by atoms with E-state index < -0.39 is 15.4 Å². The number of primary sulfonamides is 1. The number of amides is 1. The lowest BCUT2D eigenvalue weighted by Gasteiger charge is -2.25. The third-order valence-electron chi connectivity index (χ3n) is 4.11. The third kappa shape index (κ3) is 3.61. The Kier molecular flexibility index (Phi) is 4.65. The summed E-state index contributed by atoms with van der Waals surface area (Å²) in [6.07, 6.45) is 3.66. The van der Waals surface area contributed by atoms with Gasteiger partial charge < -0.3 is 11.1 Å². The minimum atomic E-state index is -3.73. The van der Waals surface area contributed by atoms with Crippen LogP contribution in [0.25, 0.3) is 0 Å². The molecule has 5 N–H and O–H groups in total. The van der Waals surface area contributed by atoms with Gasteiger partial charge in [-0.3, -0.25) is 4.79 Å². The lowest BCUT2D eigenvalue weighted by Crippen LogP contribution is -2.43. The van der Waals surface area contributed by atoms with E-state index in [-0.39, 0.29) is 17.3 Å². The van der Waals surface area contributed by atoms with Gasteiger partial charge in [0.2, 0.25) is 15.9 Å². The second kappa shape index (κ2) is 6.13. The molecule has 0 unspecified atom stereocenters. The monoisotopic (exact) mass is 311 g/mol. The van der Waals surface area contributed by atoms with E-state index in [9.17, 15) is 13.2 Å². The Bertz CT molecular complexity index is 622. The Labute approximate surface area is 124 Å². The lowest BCUT2D eigenvalue weighted by molar-refractivity contribution is -0.130. The van der Waals surface area contributed by atoms with E-state index in [1.165, 1.54) is 12.1 Å². The van der Waals surface area contributed by atoms with E-state index in [0.29, 0.717) is 12.1 Å². The Balaban J connectivity index is 2.05. The molecule has 1 aliphatic carbocycles. The number of hydrogen-bond donors (Lipinski definition) is 3. The summed E-state index contributed by atoms with van der Waals surface area (Å²) in [7, 11) is -3.73. The number of rotatable bonds is 5. The van der Waals surface area contributed by atoms with Crippen molar-refractivity contribution in [3.63, 3.8) is 0 Å². The molecular weight excluding hydrogens is 290 g/mol. The molecule has 0 saturated heterocycles. The van der Waals surface area contributed by atoms with Crippen molar-refractivity contribution in [1.82, 2.24) is 5.32 Å². The Hall–Kier alpha value is -1.44.